The molecule has 6 nitrogen and oxygen atoms in total. The van der Waals surface area contributed by atoms with Gasteiger partial charge in [0.15, 0.2) is 11.5 Å². The van der Waals surface area contributed by atoms with Crippen LogP contribution in [0.25, 0.3) is 0 Å². The van der Waals surface area contributed by atoms with Gasteiger partial charge in [0.05, 0.1) is 27.4 Å². The van der Waals surface area contributed by atoms with Crippen molar-refractivity contribution in [3.05, 3.63) is 53.1 Å². The summed E-state index contributed by atoms with van der Waals surface area (Å²) in [6.07, 6.45) is -0.794. The lowest BCUT2D eigenvalue weighted by Crippen LogP contribution is -2.28. The van der Waals surface area contributed by atoms with Crippen LogP contribution >= 0.6 is 0 Å². The van der Waals surface area contributed by atoms with Crippen molar-refractivity contribution in [2.24, 2.45) is 0 Å². The predicted octanol–water partition coefficient (Wildman–Crippen LogP) is 3.30. The first-order valence-electron chi connectivity index (χ1n) is 8.77. The summed E-state index contributed by atoms with van der Waals surface area (Å²) in [5.41, 5.74) is 2.31. The van der Waals surface area contributed by atoms with Gasteiger partial charge in [0.25, 0.3) is 5.91 Å². The minimum Gasteiger partial charge on any atom is -0.493 e. The summed E-state index contributed by atoms with van der Waals surface area (Å²) in [6.45, 7) is 4.32. The zero-order valence-corrected chi connectivity index (χ0v) is 16.4. The molecule has 0 saturated carbocycles. The van der Waals surface area contributed by atoms with Crippen LogP contribution in [-0.2, 0) is 0 Å². The molecule has 0 saturated heterocycles. The monoisotopic (exact) mass is 373 g/mol. The van der Waals surface area contributed by atoms with E-state index in [1.54, 1.807) is 12.1 Å². The highest BCUT2D eigenvalue weighted by Crippen LogP contribution is 2.38. The SMILES string of the molecule is COc1cc(C(=O)NCC(O)c2ccc(C(C)C)cc2)cc(OC)c1OC. The Morgan fingerprint density at radius 3 is 1.93 bits per heavy atom. The standard InChI is InChI=1S/C21H27NO5/c1-13(2)14-6-8-15(9-7-14)17(23)12-22-21(24)16-10-18(25-3)20(27-5)19(11-16)26-4/h6-11,13,17,23H,12H2,1-5H3,(H,22,24). The van der Waals surface area contributed by atoms with Crippen LogP contribution in [-0.4, -0.2) is 38.9 Å². The molecular formula is C21H27NO5. The van der Waals surface area contributed by atoms with Crippen LogP contribution in [0.2, 0.25) is 0 Å². The Morgan fingerprint density at radius 2 is 1.48 bits per heavy atom. The third kappa shape index (κ3) is 4.92. The molecule has 0 fully saturated rings. The number of aliphatic hydroxyl groups excluding tert-OH is 1. The Kier molecular flexibility index (Phi) is 7.07. The second-order valence-corrected chi connectivity index (χ2v) is 6.46. The molecule has 2 aromatic rings. The number of amides is 1. The van der Waals surface area contributed by atoms with E-state index in [1.807, 2.05) is 24.3 Å². The smallest absolute Gasteiger partial charge is 0.251 e. The summed E-state index contributed by atoms with van der Waals surface area (Å²) in [6, 6.07) is 10.9. The van der Waals surface area contributed by atoms with E-state index in [2.05, 4.69) is 19.2 Å². The molecule has 0 radical (unpaired) electrons. The van der Waals surface area contributed by atoms with Gasteiger partial charge in [-0.3, -0.25) is 4.79 Å². The molecule has 1 amide bonds. The minimum atomic E-state index is -0.794. The van der Waals surface area contributed by atoms with Crippen LogP contribution in [0.3, 0.4) is 0 Å². The summed E-state index contributed by atoms with van der Waals surface area (Å²) >= 11 is 0. The van der Waals surface area contributed by atoms with E-state index >= 15 is 0 Å². The van der Waals surface area contributed by atoms with Crippen molar-refractivity contribution >= 4 is 5.91 Å². The van der Waals surface area contributed by atoms with Crippen molar-refractivity contribution in [3.8, 4) is 17.2 Å². The first-order chi connectivity index (χ1) is 12.9. The summed E-state index contributed by atoms with van der Waals surface area (Å²) in [4.78, 5) is 12.5. The number of carbonyl (C=O) groups is 1. The molecule has 0 aliphatic rings. The Hall–Kier alpha value is -2.73. The van der Waals surface area contributed by atoms with E-state index < -0.39 is 6.10 Å². The fourth-order valence-electron chi connectivity index (χ4n) is 2.72. The van der Waals surface area contributed by atoms with E-state index in [0.717, 1.165) is 5.56 Å². The molecule has 0 spiro atoms. The average Bonchev–Trinajstić information content (AvgIpc) is 2.70. The van der Waals surface area contributed by atoms with E-state index in [0.29, 0.717) is 28.7 Å². The topological polar surface area (TPSA) is 77.0 Å². The van der Waals surface area contributed by atoms with Crippen molar-refractivity contribution in [3.63, 3.8) is 0 Å². The van der Waals surface area contributed by atoms with Crippen molar-refractivity contribution in [1.29, 1.82) is 0 Å². The first-order valence-corrected chi connectivity index (χ1v) is 8.77. The van der Waals surface area contributed by atoms with Gasteiger partial charge < -0.3 is 24.6 Å². The van der Waals surface area contributed by atoms with Gasteiger partial charge in [-0.25, -0.2) is 0 Å². The number of rotatable bonds is 8. The lowest BCUT2D eigenvalue weighted by Gasteiger charge is -2.16. The van der Waals surface area contributed by atoms with Gasteiger partial charge in [-0.05, 0) is 29.2 Å². The van der Waals surface area contributed by atoms with Crippen molar-refractivity contribution in [2.45, 2.75) is 25.9 Å². The molecule has 0 aliphatic carbocycles. The number of hydrogen-bond donors (Lipinski definition) is 2. The maximum absolute atomic E-state index is 12.5. The summed E-state index contributed by atoms with van der Waals surface area (Å²) < 4.78 is 15.8. The molecule has 27 heavy (non-hydrogen) atoms. The predicted molar refractivity (Wildman–Crippen MR) is 104 cm³/mol. The van der Waals surface area contributed by atoms with E-state index in [1.165, 1.54) is 26.9 Å². The fourth-order valence-corrected chi connectivity index (χ4v) is 2.72. The van der Waals surface area contributed by atoms with E-state index in [-0.39, 0.29) is 12.5 Å². The number of aliphatic hydroxyl groups is 1. The molecule has 0 aliphatic heterocycles. The lowest BCUT2D eigenvalue weighted by atomic mass is 10.00. The Bertz CT molecular complexity index is 746. The van der Waals surface area contributed by atoms with Crippen molar-refractivity contribution in [1.82, 2.24) is 5.32 Å². The maximum Gasteiger partial charge on any atom is 0.251 e. The second kappa shape index (κ2) is 9.28. The number of methoxy groups -OCH3 is 3. The number of benzene rings is 2. The van der Waals surface area contributed by atoms with Crippen LogP contribution < -0.4 is 19.5 Å². The summed E-state index contributed by atoms with van der Waals surface area (Å²) in [5.74, 6) is 1.29. The molecule has 1 atom stereocenters. The molecule has 2 aromatic carbocycles. The van der Waals surface area contributed by atoms with Gasteiger partial charge >= 0.3 is 0 Å². The van der Waals surface area contributed by atoms with Crippen LogP contribution in [0.5, 0.6) is 17.2 Å². The lowest BCUT2D eigenvalue weighted by molar-refractivity contribution is 0.0915. The largest absolute Gasteiger partial charge is 0.493 e. The Labute approximate surface area is 160 Å². The molecule has 0 heterocycles. The number of carbonyl (C=O) groups excluding carboxylic acids is 1. The fraction of sp³-hybridized carbons (Fsp3) is 0.381. The third-order valence-corrected chi connectivity index (χ3v) is 4.37. The van der Waals surface area contributed by atoms with Gasteiger partial charge in [-0.1, -0.05) is 38.1 Å². The molecule has 0 aromatic heterocycles. The second-order valence-electron chi connectivity index (χ2n) is 6.46. The Morgan fingerprint density at radius 1 is 0.963 bits per heavy atom. The van der Waals surface area contributed by atoms with Crippen LogP contribution in [0.15, 0.2) is 36.4 Å². The average molecular weight is 373 g/mol. The number of ether oxygens (including phenoxy) is 3. The molecule has 0 bridgehead atoms. The van der Waals surface area contributed by atoms with Gasteiger partial charge in [0.1, 0.15) is 0 Å². The Balaban J connectivity index is 2.08. The normalized spacial score (nSPS) is 11.8. The quantitative estimate of drug-likeness (QED) is 0.742. The molecule has 2 N–H and O–H groups in total. The number of nitrogens with one attached hydrogen (secondary N) is 1. The van der Waals surface area contributed by atoms with Gasteiger partial charge in [-0.2, -0.15) is 0 Å². The number of hydrogen-bond acceptors (Lipinski definition) is 5. The van der Waals surface area contributed by atoms with Crippen LogP contribution in [0, 0.1) is 0 Å². The zero-order chi connectivity index (χ0) is 20.0. The maximum atomic E-state index is 12.5. The summed E-state index contributed by atoms with van der Waals surface area (Å²) in [5, 5.41) is 13.1. The van der Waals surface area contributed by atoms with Crippen molar-refractivity contribution in [2.75, 3.05) is 27.9 Å². The van der Waals surface area contributed by atoms with Gasteiger partial charge in [0.2, 0.25) is 5.75 Å². The molecule has 146 valence electrons. The minimum absolute atomic E-state index is 0.0938. The molecule has 2 rings (SSSR count). The van der Waals surface area contributed by atoms with Gasteiger partial charge in [-0.15, -0.1) is 0 Å². The highest BCUT2D eigenvalue weighted by atomic mass is 16.5. The van der Waals surface area contributed by atoms with Gasteiger partial charge in [0, 0.05) is 12.1 Å². The highest BCUT2D eigenvalue weighted by molar-refractivity contribution is 5.95. The van der Waals surface area contributed by atoms with Crippen LogP contribution in [0.4, 0.5) is 0 Å². The highest BCUT2D eigenvalue weighted by Gasteiger charge is 2.18. The molecule has 1 unspecified atom stereocenters. The van der Waals surface area contributed by atoms with Crippen molar-refractivity contribution < 1.29 is 24.1 Å². The first kappa shape index (κ1) is 20.6. The van der Waals surface area contributed by atoms with Crippen LogP contribution in [0.1, 0.15) is 47.4 Å². The zero-order valence-electron chi connectivity index (χ0n) is 16.4. The third-order valence-electron chi connectivity index (χ3n) is 4.37. The van der Waals surface area contributed by atoms with E-state index in [9.17, 15) is 9.90 Å². The van der Waals surface area contributed by atoms with E-state index in [4.69, 9.17) is 14.2 Å². The molecule has 6 heteroatoms. The molecular weight excluding hydrogens is 346 g/mol. The summed E-state index contributed by atoms with van der Waals surface area (Å²) in [7, 11) is 4.48.